The molecule has 0 fully saturated rings. The summed E-state index contributed by atoms with van der Waals surface area (Å²) in [4.78, 5) is 4.41. The van der Waals surface area contributed by atoms with Gasteiger partial charge in [-0.05, 0) is 19.3 Å². The van der Waals surface area contributed by atoms with Gasteiger partial charge in [-0.3, -0.25) is 4.99 Å². The highest BCUT2D eigenvalue weighted by Crippen LogP contribution is 2.32. The van der Waals surface area contributed by atoms with E-state index in [9.17, 15) is 0 Å². The highest BCUT2D eigenvalue weighted by molar-refractivity contribution is 5.88. The molecule has 2 heteroatoms. The van der Waals surface area contributed by atoms with E-state index in [0.717, 1.165) is 6.42 Å². The Kier molecular flexibility index (Phi) is 1.09. The molecule has 0 aromatic heterocycles. The molecule has 1 N–H and O–H groups in total. The van der Waals surface area contributed by atoms with E-state index in [1.54, 1.807) is 0 Å². The minimum absolute atomic E-state index is 0.331. The van der Waals surface area contributed by atoms with Gasteiger partial charge in [0.15, 0.2) is 0 Å². The van der Waals surface area contributed by atoms with Crippen molar-refractivity contribution >= 4 is 5.71 Å². The first-order valence-corrected chi connectivity index (χ1v) is 3.56. The van der Waals surface area contributed by atoms with Gasteiger partial charge in [-0.15, -0.1) is 0 Å². The lowest BCUT2D eigenvalue weighted by Gasteiger charge is -2.16. The molecule has 0 aliphatic carbocycles. The molecule has 9 heavy (non-hydrogen) atoms. The Morgan fingerprint density at radius 1 is 1.67 bits per heavy atom. The quantitative estimate of drug-likeness (QED) is 0.547. The van der Waals surface area contributed by atoms with Crippen LogP contribution in [0.3, 0.4) is 0 Å². The van der Waals surface area contributed by atoms with Crippen LogP contribution >= 0.6 is 0 Å². The molecule has 0 aromatic carbocycles. The Bertz CT molecular complexity index is 153. The molecule has 0 aromatic rings. The molecule has 2 nitrogen and oxygen atoms in total. The lowest BCUT2D eigenvalue weighted by atomic mass is 9.89. The molecule has 2 atom stereocenters. The summed E-state index contributed by atoms with van der Waals surface area (Å²) in [7, 11) is 0. The van der Waals surface area contributed by atoms with Gasteiger partial charge in [0.1, 0.15) is 0 Å². The number of hydrogen-bond donors (Lipinski definition) is 1. The number of rotatable bonds is 1. The van der Waals surface area contributed by atoms with Crippen molar-refractivity contribution in [3.63, 3.8) is 0 Å². The zero-order chi connectivity index (χ0) is 6.27. The largest absolute Gasteiger partial charge is 0.396 e. The van der Waals surface area contributed by atoms with Crippen LogP contribution in [0.5, 0.6) is 0 Å². The summed E-state index contributed by atoms with van der Waals surface area (Å²) < 4.78 is 0. The van der Waals surface area contributed by atoms with Crippen molar-refractivity contribution in [1.82, 2.24) is 0 Å². The van der Waals surface area contributed by atoms with E-state index in [1.807, 2.05) is 0 Å². The van der Waals surface area contributed by atoms with E-state index in [-0.39, 0.29) is 0 Å². The first kappa shape index (κ1) is 5.42. The fraction of sp³-hybridized carbons (Fsp3) is 0.857. The van der Waals surface area contributed by atoms with Crippen LogP contribution in [0, 0.1) is 5.92 Å². The molecular weight excluding hydrogens is 114 g/mol. The van der Waals surface area contributed by atoms with Crippen molar-refractivity contribution in [3.05, 3.63) is 0 Å². The third kappa shape index (κ3) is 0.697. The van der Waals surface area contributed by atoms with Crippen LogP contribution in [0.4, 0.5) is 0 Å². The van der Waals surface area contributed by atoms with Gasteiger partial charge in [0.25, 0.3) is 0 Å². The Hall–Kier alpha value is -0.370. The maximum Gasteiger partial charge on any atom is 0.0556 e. The van der Waals surface area contributed by atoms with Crippen LogP contribution < -0.4 is 0 Å². The SMILES string of the molecule is OCC1CC2=NC1CC2. The fourth-order valence-corrected chi connectivity index (χ4v) is 1.80. The fourth-order valence-electron chi connectivity index (χ4n) is 1.80. The Morgan fingerprint density at radius 2 is 2.56 bits per heavy atom. The summed E-state index contributed by atoms with van der Waals surface area (Å²) in [5.41, 5.74) is 1.35. The zero-order valence-corrected chi connectivity index (χ0v) is 5.38. The molecule has 2 unspecified atom stereocenters. The second kappa shape index (κ2) is 1.81. The minimum atomic E-state index is 0.331. The van der Waals surface area contributed by atoms with Crippen molar-refractivity contribution in [2.45, 2.75) is 25.3 Å². The topological polar surface area (TPSA) is 32.6 Å². The molecular formula is C7H11NO. The van der Waals surface area contributed by atoms with Gasteiger partial charge in [0.2, 0.25) is 0 Å². The van der Waals surface area contributed by atoms with Crippen molar-refractivity contribution in [3.8, 4) is 0 Å². The van der Waals surface area contributed by atoms with Gasteiger partial charge < -0.3 is 5.11 Å². The maximum atomic E-state index is 8.81. The van der Waals surface area contributed by atoms with Gasteiger partial charge in [-0.25, -0.2) is 0 Å². The lowest BCUT2D eigenvalue weighted by Crippen LogP contribution is -2.20. The Balaban J connectivity index is 2.08. The Labute approximate surface area is 54.6 Å². The molecule has 0 saturated carbocycles. The number of nitrogens with zero attached hydrogens (tertiary/aromatic N) is 1. The van der Waals surface area contributed by atoms with Gasteiger partial charge in [0.05, 0.1) is 6.04 Å². The Morgan fingerprint density at radius 3 is 2.89 bits per heavy atom. The van der Waals surface area contributed by atoms with E-state index in [4.69, 9.17) is 5.11 Å². The molecule has 0 saturated heterocycles. The minimum Gasteiger partial charge on any atom is -0.396 e. The average molecular weight is 125 g/mol. The van der Waals surface area contributed by atoms with Crippen molar-refractivity contribution in [2.24, 2.45) is 10.9 Å². The van der Waals surface area contributed by atoms with Crippen molar-refractivity contribution < 1.29 is 5.11 Å². The summed E-state index contributed by atoms with van der Waals surface area (Å²) in [6.45, 7) is 0.331. The van der Waals surface area contributed by atoms with E-state index >= 15 is 0 Å². The monoisotopic (exact) mass is 125 g/mol. The van der Waals surface area contributed by atoms with Crippen LogP contribution in [0.2, 0.25) is 0 Å². The normalized spacial score (nSPS) is 39.4. The van der Waals surface area contributed by atoms with E-state index < -0.39 is 0 Å². The zero-order valence-electron chi connectivity index (χ0n) is 5.38. The maximum absolute atomic E-state index is 8.81. The number of aliphatic hydroxyl groups excluding tert-OH is 1. The second-order valence-corrected chi connectivity index (χ2v) is 2.95. The number of aliphatic hydroxyl groups is 1. The predicted octanol–water partition coefficient (Wildman–Crippen LogP) is 0.602. The predicted molar refractivity (Wildman–Crippen MR) is 35.6 cm³/mol. The number of aliphatic imine (C=N–C) groups is 1. The summed E-state index contributed by atoms with van der Waals surface area (Å²) in [5, 5.41) is 8.81. The van der Waals surface area contributed by atoms with Crippen molar-refractivity contribution in [2.75, 3.05) is 6.61 Å². The second-order valence-electron chi connectivity index (χ2n) is 2.95. The van der Waals surface area contributed by atoms with Gasteiger partial charge in [-0.1, -0.05) is 0 Å². The first-order chi connectivity index (χ1) is 4.40. The van der Waals surface area contributed by atoms with E-state index in [1.165, 1.54) is 18.6 Å². The molecule has 0 amide bonds. The van der Waals surface area contributed by atoms with Crippen LogP contribution in [0.1, 0.15) is 19.3 Å². The van der Waals surface area contributed by atoms with Crippen LogP contribution in [-0.2, 0) is 0 Å². The number of hydrogen-bond acceptors (Lipinski definition) is 2. The third-order valence-electron chi connectivity index (χ3n) is 2.35. The lowest BCUT2D eigenvalue weighted by molar-refractivity contribution is 0.211. The average Bonchev–Trinajstić information content (AvgIpc) is 2.45. The standard InChI is InChI=1S/C7H11NO/c9-4-5-3-6-1-2-7(5)8-6/h5,7,9H,1-4H2. The molecule has 0 radical (unpaired) electrons. The molecule has 0 spiro atoms. The summed E-state index contributed by atoms with van der Waals surface area (Å²) in [5.74, 6) is 0.480. The molecule has 50 valence electrons. The first-order valence-electron chi connectivity index (χ1n) is 3.56. The highest BCUT2D eigenvalue weighted by Gasteiger charge is 2.33. The van der Waals surface area contributed by atoms with E-state index in [0.29, 0.717) is 18.6 Å². The van der Waals surface area contributed by atoms with Crippen LogP contribution in [0.15, 0.2) is 4.99 Å². The van der Waals surface area contributed by atoms with Crippen LogP contribution in [-0.4, -0.2) is 23.5 Å². The summed E-state index contributed by atoms with van der Waals surface area (Å²) in [6.07, 6.45) is 3.46. The molecule has 2 rings (SSSR count). The van der Waals surface area contributed by atoms with E-state index in [2.05, 4.69) is 4.99 Å². The van der Waals surface area contributed by atoms with Crippen LogP contribution in [0.25, 0.3) is 0 Å². The highest BCUT2D eigenvalue weighted by atomic mass is 16.3. The molecule has 2 aliphatic rings. The third-order valence-corrected chi connectivity index (χ3v) is 2.35. The summed E-state index contributed by atoms with van der Waals surface area (Å²) >= 11 is 0. The number of fused-ring (bicyclic) bond motifs is 1. The van der Waals surface area contributed by atoms with Gasteiger partial charge in [-0.2, -0.15) is 0 Å². The van der Waals surface area contributed by atoms with Gasteiger partial charge in [0, 0.05) is 18.2 Å². The van der Waals surface area contributed by atoms with Crippen molar-refractivity contribution in [1.29, 1.82) is 0 Å². The molecule has 2 heterocycles. The summed E-state index contributed by atoms with van der Waals surface area (Å²) in [6, 6.07) is 0.491. The molecule has 2 aliphatic heterocycles. The van der Waals surface area contributed by atoms with Gasteiger partial charge >= 0.3 is 0 Å². The molecule has 2 bridgehead atoms. The smallest absolute Gasteiger partial charge is 0.0556 e.